The van der Waals surface area contributed by atoms with Crippen LogP contribution in [0.2, 0.25) is 0 Å². The first-order valence-corrected chi connectivity index (χ1v) is 11.3. The van der Waals surface area contributed by atoms with Crippen LogP contribution in [0.3, 0.4) is 0 Å². The van der Waals surface area contributed by atoms with Gasteiger partial charge in [-0.05, 0) is 36.4 Å². The molecule has 2 N–H and O–H groups in total. The van der Waals surface area contributed by atoms with Crippen LogP contribution >= 0.6 is 27.7 Å². The van der Waals surface area contributed by atoms with E-state index >= 15 is 0 Å². The molecule has 2 amide bonds. The lowest BCUT2D eigenvalue weighted by Gasteiger charge is -2.07. The van der Waals surface area contributed by atoms with Gasteiger partial charge in [0.2, 0.25) is 11.8 Å². The van der Waals surface area contributed by atoms with Crippen LogP contribution in [0.1, 0.15) is 0 Å². The maximum Gasteiger partial charge on any atom is 0.234 e. The van der Waals surface area contributed by atoms with Gasteiger partial charge >= 0.3 is 0 Å². The number of sulfone groups is 1. The SMILES string of the molecule is CS(=O)(=O)c1cccc(NC(=O)CSCC(=O)Nc2cccc(Br)c2)c1. The molecule has 0 fully saturated rings. The average Bonchev–Trinajstić information content (AvgIpc) is 2.54. The Morgan fingerprint density at radius 3 is 2.04 bits per heavy atom. The van der Waals surface area contributed by atoms with E-state index < -0.39 is 9.84 Å². The van der Waals surface area contributed by atoms with Gasteiger partial charge in [0.15, 0.2) is 9.84 Å². The third-order valence-electron chi connectivity index (χ3n) is 3.12. The number of thioether (sulfide) groups is 1. The first-order chi connectivity index (χ1) is 12.2. The summed E-state index contributed by atoms with van der Waals surface area (Å²) in [6.07, 6.45) is 1.10. The van der Waals surface area contributed by atoms with Gasteiger partial charge in [-0.15, -0.1) is 11.8 Å². The molecule has 0 aromatic heterocycles. The van der Waals surface area contributed by atoms with E-state index in [-0.39, 0.29) is 28.2 Å². The Kier molecular flexibility index (Phi) is 7.24. The van der Waals surface area contributed by atoms with E-state index in [0.717, 1.165) is 10.7 Å². The van der Waals surface area contributed by atoms with Crippen molar-refractivity contribution in [1.82, 2.24) is 0 Å². The van der Waals surface area contributed by atoms with Crippen LogP contribution in [-0.2, 0) is 19.4 Å². The van der Waals surface area contributed by atoms with Crippen molar-refractivity contribution < 1.29 is 18.0 Å². The van der Waals surface area contributed by atoms with Gasteiger partial charge in [-0.1, -0.05) is 28.1 Å². The van der Waals surface area contributed by atoms with Crippen LogP contribution in [-0.4, -0.2) is 38.0 Å². The highest BCUT2D eigenvalue weighted by Crippen LogP contribution is 2.17. The van der Waals surface area contributed by atoms with E-state index in [1.165, 1.54) is 23.9 Å². The molecule has 6 nitrogen and oxygen atoms in total. The molecule has 0 saturated heterocycles. The molecule has 9 heteroatoms. The van der Waals surface area contributed by atoms with Crippen LogP contribution < -0.4 is 10.6 Å². The number of hydrogen-bond donors (Lipinski definition) is 2. The molecule has 0 aliphatic rings. The summed E-state index contributed by atoms with van der Waals surface area (Å²) in [6.45, 7) is 0. The lowest BCUT2D eigenvalue weighted by Crippen LogP contribution is -2.18. The van der Waals surface area contributed by atoms with E-state index in [1.54, 1.807) is 24.3 Å². The Morgan fingerprint density at radius 2 is 1.50 bits per heavy atom. The maximum absolute atomic E-state index is 11.9. The second kappa shape index (κ2) is 9.20. The molecule has 0 bridgehead atoms. The minimum absolute atomic E-state index is 0.0784. The highest BCUT2D eigenvalue weighted by atomic mass is 79.9. The summed E-state index contributed by atoms with van der Waals surface area (Å²) in [5.74, 6) is -0.311. The Labute approximate surface area is 164 Å². The Balaban J connectivity index is 1.79. The molecule has 2 aromatic carbocycles. The molecule has 0 heterocycles. The quantitative estimate of drug-likeness (QED) is 0.667. The minimum atomic E-state index is -3.33. The molecule has 0 unspecified atom stereocenters. The topological polar surface area (TPSA) is 92.3 Å². The zero-order chi connectivity index (χ0) is 19.2. The highest BCUT2D eigenvalue weighted by Gasteiger charge is 2.10. The monoisotopic (exact) mass is 456 g/mol. The number of anilines is 2. The number of halogens is 1. The van der Waals surface area contributed by atoms with Crippen molar-refractivity contribution in [2.75, 3.05) is 28.4 Å². The number of amides is 2. The molecule has 0 atom stereocenters. The Morgan fingerprint density at radius 1 is 0.962 bits per heavy atom. The van der Waals surface area contributed by atoms with Crippen LogP contribution in [0.4, 0.5) is 11.4 Å². The maximum atomic E-state index is 11.9. The third kappa shape index (κ3) is 6.81. The van der Waals surface area contributed by atoms with Crippen molar-refractivity contribution >= 4 is 60.7 Å². The minimum Gasteiger partial charge on any atom is -0.325 e. The first kappa shape index (κ1) is 20.5. The molecule has 138 valence electrons. The fourth-order valence-corrected chi connectivity index (χ4v) is 3.68. The fraction of sp³-hybridized carbons (Fsp3) is 0.176. The van der Waals surface area contributed by atoms with E-state index in [1.807, 2.05) is 12.1 Å². The number of rotatable bonds is 7. The van der Waals surface area contributed by atoms with Crippen molar-refractivity contribution in [3.8, 4) is 0 Å². The predicted molar refractivity (Wildman–Crippen MR) is 108 cm³/mol. The van der Waals surface area contributed by atoms with Gasteiger partial charge in [0, 0.05) is 22.1 Å². The zero-order valence-corrected chi connectivity index (χ0v) is 17.1. The lowest BCUT2D eigenvalue weighted by molar-refractivity contribution is -0.114. The molecule has 2 rings (SSSR count). The average molecular weight is 457 g/mol. The number of hydrogen-bond acceptors (Lipinski definition) is 5. The number of carbonyl (C=O) groups is 2. The van der Waals surface area contributed by atoms with Gasteiger partial charge in [0.1, 0.15) is 0 Å². The first-order valence-electron chi connectivity index (χ1n) is 7.47. The molecule has 0 spiro atoms. The zero-order valence-electron chi connectivity index (χ0n) is 13.9. The van der Waals surface area contributed by atoms with E-state index in [2.05, 4.69) is 26.6 Å². The fourth-order valence-electron chi connectivity index (χ4n) is 2.00. The normalized spacial score (nSPS) is 11.0. The summed E-state index contributed by atoms with van der Waals surface area (Å²) in [4.78, 5) is 23.9. The van der Waals surface area contributed by atoms with Gasteiger partial charge in [-0.2, -0.15) is 0 Å². The summed E-state index contributed by atoms with van der Waals surface area (Å²) in [5.41, 5.74) is 1.07. The molecule has 2 aromatic rings. The van der Waals surface area contributed by atoms with Crippen molar-refractivity contribution in [3.63, 3.8) is 0 Å². The molecule has 0 radical (unpaired) electrons. The molecule has 26 heavy (non-hydrogen) atoms. The summed E-state index contributed by atoms with van der Waals surface area (Å²) in [7, 11) is -3.33. The number of benzene rings is 2. The van der Waals surface area contributed by atoms with Crippen LogP contribution in [0.5, 0.6) is 0 Å². The van der Waals surface area contributed by atoms with Gasteiger partial charge in [-0.25, -0.2) is 8.42 Å². The smallest absolute Gasteiger partial charge is 0.234 e. The van der Waals surface area contributed by atoms with E-state index in [9.17, 15) is 18.0 Å². The van der Waals surface area contributed by atoms with Crippen LogP contribution in [0.15, 0.2) is 57.9 Å². The molecule has 0 saturated carbocycles. The summed E-state index contributed by atoms with van der Waals surface area (Å²) in [6, 6.07) is 13.3. The highest BCUT2D eigenvalue weighted by molar-refractivity contribution is 9.10. The summed E-state index contributed by atoms with van der Waals surface area (Å²) < 4.78 is 23.9. The molecular weight excluding hydrogens is 440 g/mol. The second-order valence-electron chi connectivity index (χ2n) is 5.40. The van der Waals surface area contributed by atoms with Crippen molar-refractivity contribution in [2.24, 2.45) is 0 Å². The number of carbonyl (C=O) groups excluding carboxylic acids is 2. The molecular formula is C17H17BrN2O4S2. The van der Waals surface area contributed by atoms with Crippen LogP contribution in [0, 0.1) is 0 Å². The van der Waals surface area contributed by atoms with Crippen LogP contribution in [0.25, 0.3) is 0 Å². The Hall–Kier alpha value is -1.84. The van der Waals surface area contributed by atoms with E-state index in [0.29, 0.717) is 11.4 Å². The second-order valence-corrected chi connectivity index (χ2v) is 9.32. The van der Waals surface area contributed by atoms with E-state index in [4.69, 9.17) is 0 Å². The van der Waals surface area contributed by atoms with Gasteiger partial charge in [-0.3, -0.25) is 9.59 Å². The third-order valence-corrected chi connectivity index (χ3v) is 5.66. The number of nitrogens with one attached hydrogen (secondary N) is 2. The van der Waals surface area contributed by atoms with Crippen molar-refractivity contribution in [1.29, 1.82) is 0 Å². The summed E-state index contributed by atoms with van der Waals surface area (Å²) in [5, 5.41) is 5.37. The Bertz CT molecular complexity index is 916. The molecule has 0 aliphatic heterocycles. The van der Waals surface area contributed by atoms with Crippen molar-refractivity contribution in [3.05, 3.63) is 53.0 Å². The van der Waals surface area contributed by atoms with Gasteiger partial charge in [0.25, 0.3) is 0 Å². The lowest BCUT2D eigenvalue weighted by atomic mass is 10.3. The van der Waals surface area contributed by atoms with Crippen molar-refractivity contribution in [2.45, 2.75) is 4.90 Å². The largest absolute Gasteiger partial charge is 0.325 e. The predicted octanol–water partition coefficient (Wildman–Crippen LogP) is 3.16. The van der Waals surface area contributed by atoms with Gasteiger partial charge < -0.3 is 10.6 Å². The standard InChI is InChI=1S/C17H17BrN2O4S2/c1-26(23,24)15-7-3-6-14(9-15)20-17(22)11-25-10-16(21)19-13-5-2-4-12(18)8-13/h2-9H,10-11H2,1H3,(H,19,21)(H,20,22). The molecule has 0 aliphatic carbocycles. The summed E-state index contributed by atoms with van der Waals surface area (Å²) >= 11 is 4.49. The van der Waals surface area contributed by atoms with Gasteiger partial charge in [0.05, 0.1) is 16.4 Å².